The van der Waals surface area contributed by atoms with E-state index in [0.717, 1.165) is 5.56 Å². The van der Waals surface area contributed by atoms with Crippen LogP contribution in [0.3, 0.4) is 0 Å². The number of ether oxygens (including phenoxy) is 3. The van der Waals surface area contributed by atoms with E-state index in [9.17, 15) is 4.79 Å². The summed E-state index contributed by atoms with van der Waals surface area (Å²) in [5.74, 6) is 1.15. The van der Waals surface area contributed by atoms with Crippen molar-refractivity contribution < 1.29 is 23.4 Å². The van der Waals surface area contributed by atoms with Crippen LogP contribution in [0.5, 0.6) is 11.5 Å². The van der Waals surface area contributed by atoms with E-state index in [1.807, 2.05) is 0 Å². The highest BCUT2D eigenvalue weighted by Gasteiger charge is 2.17. The van der Waals surface area contributed by atoms with E-state index >= 15 is 0 Å². The molecule has 0 unspecified atom stereocenters. The zero-order valence-corrected chi connectivity index (χ0v) is 14.2. The lowest BCUT2D eigenvalue weighted by molar-refractivity contribution is -0.138. The van der Waals surface area contributed by atoms with Crippen LogP contribution in [0.15, 0.2) is 39.4 Å². The van der Waals surface area contributed by atoms with Crippen molar-refractivity contribution in [3.8, 4) is 11.5 Å². The predicted molar refractivity (Wildman–Crippen MR) is 87.7 cm³/mol. The molecule has 0 spiro atoms. The molecule has 7 heteroatoms. The number of furan rings is 1. The third-order valence-electron chi connectivity index (χ3n) is 3.02. The van der Waals surface area contributed by atoms with Crippen LogP contribution >= 0.6 is 27.5 Å². The van der Waals surface area contributed by atoms with E-state index in [1.165, 1.54) is 12.2 Å². The molecule has 23 heavy (non-hydrogen) atoms. The first-order valence-corrected chi connectivity index (χ1v) is 7.97. The third kappa shape index (κ3) is 4.09. The molecular formula is C16H12BrClO5. The molecule has 0 radical (unpaired) electrons. The molecule has 2 aromatic rings. The summed E-state index contributed by atoms with van der Waals surface area (Å²) in [4.78, 5) is 11.7. The minimum atomic E-state index is -0.483. The molecule has 2 heterocycles. The average molecular weight is 400 g/mol. The van der Waals surface area contributed by atoms with Crippen LogP contribution in [0.2, 0.25) is 5.02 Å². The predicted octanol–water partition coefficient (Wildman–Crippen LogP) is 4.22. The zero-order valence-electron chi connectivity index (χ0n) is 11.9. The van der Waals surface area contributed by atoms with Crippen LogP contribution in [-0.4, -0.2) is 19.2 Å². The van der Waals surface area contributed by atoms with Crippen molar-refractivity contribution >= 4 is 39.6 Å². The Morgan fingerprint density at radius 3 is 2.91 bits per heavy atom. The minimum absolute atomic E-state index is 0.0847. The highest BCUT2D eigenvalue weighted by molar-refractivity contribution is 9.10. The van der Waals surface area contributed by atoms with Gasteiger partial charge in [0, 0.05) is 6.08 Å². The zero-order chi connectivity index (χ0) is 16.2. The van der Waals surface area contributed by atoms with Gasteiger partial charge in [-0.1, -0.05) is 11.6 Å². The summed E-state index contributed by atoms with van der Waals surface area (Å²) in [6.07, 6.45) is 2.83. The SMILES string of the molecule is O=C(/C=C/c1ccc(Br)o1)OCc1cc(Cl)c2c(c1)OCCO2. The summed E-state index contributed by atoms with van der Waals surface area (Å²) in [5.41, 5.74) is 0.724. The second-order valence-electron chi connectivity index (χ2n) is 4.68. The van der Waals surface area contributed by atoms with E-state index in [1.54, 1.807) is 24.3 Å². The average Bonchev–Trinajstić information content (AvgIpc) is 2.96. The Bertz CT molecular complexity index is 753. The van der Waals surface area contributed by atoms with E-state index < -0.39 is 5.97 Å². The molecule has 3 rings (SSSR count). The van der Waals surface area contributed by atoms with Crippen LogP contribution in [0.25, 0.3) is 6.08 Å². The van der Waals surface area contributed by atoms with Gasteiger partial charge >= 0.3 is 5.97 Å². The quantitative estimate of drug-likeness (QED) is 0.569. The Kier molecular flexibility index (Phi) is 4.93. The summed E-state index contributed by atoms with van der Waals surface area (Å²) in [6.45, 7) is 1.02. The number of carbonyl (C=O) groups is 1. The number of carbonyl (C=O) groups excluding carboxylic acids is 1. The summed E-state index contributed by atoms with van der Waals surface area (Å²) < 4.78 is 21.9. The van der Waals surface area contributed by atoms with Gasteiger partial charge in [-0.2, -0.15) is 0 Å². The molecule has 1 aliphatic heterocycles. The number of benzene rings is 1. The summed E-state index contributed by atoms with van der Waals surface area (Å²) in [6, 6.07) is 6.91. The van der Waals surface area contributed by atoms with Gasteiger partial charge in [0.05, 0.1) is 5.02 Å². The van der Waals surface area contributed by atoms with Gasteiger partial charge in [-0.3, -0.25) is 0 Å². The third-order valence-corrected chi connectivity index (χ3v) is 3.72. The van der Waals surface area contributed by atoms with Crippen molar-refractivity contribution in [2.75, 3.05) is 13.2 Å². The van der Waals surface area contributed by atoms with Gasteiger partial charge in [0.25, 0.3) is 0 Å². The minimum Gasteiger partial charge on any atom is -0.486 e. The first-order valence-electron chi connectivity index (χ1n) is 6.80. The number of hydrogen-bond donors (Lipinski definition) is 0. The smallest absolute Gasteiger partial charge is 0.331 e. The van der Waals surface area contributed by atoms with Crippen LogP contribution in [-0.2, 0) is 16.1 Å². The maximum atomic E-state index is 11.7. The lowest BCUT2D eigenvalue weighted by Gasteiger charge is -2.20. The normalized spacial score (nSPS) is 13.3. The van der Waals surface area contributed by atoms with E-state index in [-0.39, 0.29) is 6.61 Å². The van der Waals surface area contributed by atoms with Crippen molar-refractivity contribution in [2.24, 2.45) is 0 Å². The summed E-state index contributed by atoms with van der Waals surface area (Å²) >= 11 is 9.32. The molecule has 1 aromatic carbocycles. The fourth-order valence-electron chi connectivity index (χ4n) is 2.02. The second kappa shape index (κ2) is 7.10. The maximum absolute atomic E-state index is 11.7. The van der Waals surface area contributed by atoms with Gasteiger partial charge in [0.1, 0.15) is 25.6 Å². The highest BCUT2D eigenvalue weighted by atomic mass is 79.9. The van der Waals surface area contributed by atoms with E-state index in [2.05, 4.69) is 15.9 Å². The summed E-state index contributed by atoms with van der Waals surface area (Å²) in [5, 5.41) is 0.434. The van der Waals surface area contributed by atoms with Crippen molar-refractivity contribution in [1.29, 1.82) is 0 Å². The van der Waals surface area contributed by atoms with Crippen molar-refractivity contribution in [1.82, 2.24) is 0 Å². The molecule has 1 aliphatic rings. The molecule has 0 bridgehead atoms. The molecule has 0 aliphatic carbocycles. The van der Waals surface area contributed by atoms with Gasteiger partial charge in [0.15, 0.2) is 16.2 Å². The Hall–Kier alpha value is -1.92. The monoisotopic (exact) mass is 398 g/mol. The molecule has 0 saturated carbocycles. The topological polar surface area (TPSA) is 57.9 Å². The second-order valence-corrected chi connectivity index (χ2v) is 5.87. The van der Waals surface area contributed by atoms with Gasteiger partial charge in [-0.25, -0.2) is 4.79 Å². The molecule has 0 atom stereocenters. The number of esters is 1. The Morgan fingerprint density at radius 2 is 2.13 bits per heavy atom. The van der Waals surface area contributed by atoms with Crippen molar-refractivity contribution in [2.45, 2.75) is 6.61 Å². The molecule has 5 nitrogen and oxygen atoms in total. The Labute approximate surface area is 145 Å². The molecule has 120 valence electrons. The lowest BCUT2D eigenvalue weighted by atomic mass is 10.2. The highest BCUT2D eigenvalue weighted by Crippen LogP contribution is 2.38. The van der Waals surface area contributed by atoms with Crippen LogP contribution in [0, 0.1) is 0 Å². The first kappa shape index (κ1) is 16.0. The number of hydrogen-bond acceptors (Lipinski definition) is 5. The van der Waals surface area contributed by atoms with Crippen LogP contribution < -0.4 is 9.47 Å². The van der Waals surface area contributed by atoms with Crippen molar-refractivity contribution in [3.05, 3.63) is 51.4 Å². The molecular weight excluding hydrogens is 388 g/mol. The lowest BCUT2D eigenvalue weighted by Crippen LogP contribution is -2.16. The molecule has 0 fully saturated rings. The van der Waals surface area contributed by atoms with Crippen molar-refractivity contribution in [3.63, 3.8) is 0 Å². The number of halogens is 2. The number of rotatable bonds is 4. The van der Waals surface area contributed by atoms with Gasteiger partial charge in [0.2, 0.25) is 0 Å². The van der Waals surface area contributed by atoms with Gasteiger partial charge in [-0.15, -0.1) is 0 Å². The fourth-order valence-corrected chi connectivity index (χ4v) is 2.63. The largest absolute Gasteiger partial charge is 0.486 e. The van der Waals surface area contributed by atoms with Gasteiger partial charge < -0.3 is 18.6 Å². The Morgan fingerprint density at radius 1 is 1.30 bits per heavy atom. The molecule has 0 saturated heterocycles. The molecule has 0 N–H and O–H groups in total. The van der Waals surface area contributed by atoms with E-state index in [4.69, 9.17) is 30.2 Å². The van der Waals surface area contributed by atoms with E-state index in [0.29, 0.717) is 40.2 Å². The number of fused-ring (bicyclic) bond motifs is 1. The Balaban J connectivity index is 1.60. The standard InChI is InChI=1S/C16H12BrClO5/c17-14-3-1-11(23-14)2-4-15(19)22-9-10-7-12(18)16-13(8-10)20-5-6-21-16/h1-4,7-8H,5-6,9H2/b4-2+. The van der Waals surface area contributed by atoms with Gasteiger partial charge in [-0.05, 0) is 51.8 Å². The molecule has 0 amide bonds. The van der Waals surface area contributed by atoms with Crippen LogP contribution in [0.4, 0.5) is 0 Å². The van der Waals surface area contributed by atoms with Crippen LogP contribution in [0.1, 0.15) is 11.3 Å². The summed E-state index contributed by atoms with van der Waals surface area (Å²) in [7, 11) is 0. The fraction of sp³-hybridized carbons (Fsp3) is 0.188. The first-order chi connectivity index (χ1) is 11.1. The maximum Gasteiger partial charge on any atom is 0.331 e. The molecule has 1 aromatic heterocycles.